The summed E-state index contributed by atoms with van der Waals surface area (Å²) < 4.78 is 0. The van der Waals surface area contributed by atoms with E-state index in [-0.39, 0.29) is 5.69 Å². The predicted octanol–water partition coefficient (Wildman–Crippen LogP) is 2.82. The van der Waals surface area contributed by atoms with E-state index >= 15 is 0 Å². The van der Waals surface area contributed by atoms with Gasteiger partial charge in [-0.3, -0.25) is 0 Å². The molecule has 0 saturated carbocycles. The molecular weight excluding hydrogens is 248 g/mol. The molecule has 1 aromatic heterocycles. The van der Waals surface area contributed by atoms with E-state index < -0.39 is 5.97 Å². The lowest BCUT2D eigenvalue weighted by molar-refractivity contribution is 0.0690. The van der Waals surface area contributed by atoms with E-state index in [0.717, 1.165) is 10.5 Å². The number of nitrogens with two attached hydrogens (primary N) is 1. The number of anilines is 1. The van der Waals surface area contributed by atoms with Gasteiger partial charge in [0.2, 0.25) is 0 Å². The van der Waals surface area contributed by atoms with Crippen LogP contribution in [0.1, 0.15) is 16.1 Å². The molecule has 2 rings (SSSR count). The zero-order valence-corrected chi connectivity index (χ0v) is 10.6. The molecule has 0 bridgehead atoms. The Morgan fingerprint density at radius 1 is 1.28 bits per heavy atom. The van der Waals surface area contributed by atoms with E-state index in [1.54, 1.807) is 6.07 Å². The van der Waals surface area contributed by atoms with Crippen molar-refractivity contribution in [2.24, 2.45) is 0 Å². The highest BCUT2D eigenvalue weighted by Gasteiger charge is 2.10. The van der Waals surface area contributed by atoms with Crippen LogP contribution in [0.25, 0.3) is 0 Å². The van der Waals surface area contributed by atoms with Crippen LogP contribution in [0.5, 0.6) is 0 Å². The van der Waals surface area contributed by atoms with Gasteiger partial charge in [0.15, 0.2) is 0 Å². The maximum absolute atomic E-state index is 10.9. The number of nitrogen functional groups attached to an aromatic ring is 1. The number of hydrogen-bond donors (Lipinski definition) is 2. The molecule has 0 fully saturated rings. The van der Waals surface area contributed by atoms with Crippen molar-refractivity contribution in [3.05, 3.63) is 47.7 Å². The van der Waals surface area contributed by atoms with E-state index in [9.17, 15) is 4.79 Å². The molecule has 0 aliphatic rings. The van der Waals surface area contributed by atoms with Gasteiger partial charge in [-0.2, -0.15) is 0 Å². The van der Waals surface area contributed by atoms with E-state index in [1.165, 1.54) is 17.8 Å². The average molecular weight is 260 g/mol. The van der Waals surface area contributed by atoms with Crippen molar-refractivity contribution >= 4 is 23.4 Å². The van der Waals surface area contributed by atoms with Gasteiger partial charge < -0.3 is 10.8 Å². The Bertz CT molecular complexity index is 599. The lowest BCUT2D eigenvalue weighted by Gasteiger charge is -2.07. The molecule has 0 amide bonds. The van der Waals surface area contributed by atoms with Crippen molar-refractivity contribution in [2.75, 3.05) is 5.73 Å². The Labute approximate surface area is 109 Å². The summed E-state index contributed by atoms with van der Waals surface area (Å²) in [6.07, 6.45) is 0. The van der Waals surface area contributed by atoms with Crippen molar-refractivity contribution in [3.8, 4) is 0 Å². The highest BCUT2D eigenvalue weighted by Crippen LogP contribution is 2.32. The number of aromatic nitrogens is 1. The molecule has 0 atom stereocenters. The first-order valence-electron chi connectivity index (χ1n) is 5.31. The van der Waals surface area contributed by atoms with Gasteiger partial charge >= 0.3 is 5.97 Å². The third-order valence-electron chi connectivity index (χ3n) is 2.41. The Morgan fingerprint density at radius 3 is 2.67 bits per heavy atom. The van der Waals surface area contributed by atoms with E-state index in [1.807, 2.05) is 31.2 Å². The van der Waals surface area contributed by atoms with Crippen molar-refractivity contribution in [1.29, 1.82) is 0 Å². The molecule has 2 aromatic rings. The molecule has 1 aromatic carbocycles. The van der Waals surface area contributed by atoms with E-state index in [4.69, 9.17) is 10.8 Å². The number of aromatic carboxylic acids is 1. The average Bonchev–Trinajstić information content (AvgIpc) is 2.34. The van der Waals surface area contributed by atoms with Crippen LogP contribution in [0.2, 0.25) is 0 Å². The summed E-state index contributed by atoms with van der Waals surface area (Å²) in [5.74, 6) is -1.05. The first-order chi connectivity index (χ1) is 8.58. The van der Waals surface area contributed by atoms with Crippen LogP contribution in [-0.2, 0) is 0 Å². The molecule has 92 valence electrons. The Hall–Kier alpha value is -2.01. The van der Waals surface area contributed by atoms with Crippen LogP contribution in [0.4, 0.5) is 5.69 Å². The third kappa shape index (κ3) is 2.62. The Morgan fingerprint density at radius 2 is 2.00 bits per heavy atom. The lowest BCUT2D eigenvalue weighted by Crippen LogP contribution is -2.02. The molecule has 18 heavy (non-hydrogen) atoms. The van der Waals surface area contributed by atoms with Crippen molar-refractivity contribution in [2.45, 2.75) is 16.8 Å². The predicted molar refractivity (Wildman–Crippen MR) is 70.9 cm³/mol. The topological polar surface area (TPSA) is 76.2 Å². The van der Waals surface area contributed by atoms with Crippen molar-refractivity contribution in [1.82, 2.24) is 4.98 Å². The minimum atomic E-state index is -1.05. The smallest absolute Gasteiger partial charge is 0.354 e. The first-order valence-corrected chi connectivity index (χ1v) is 6.13. The number of carboxylic acids is 1. The van der Waals surface area contributed by atoms with Crippen LogP contribution in [-0.4, -0.2) is 16.1 Å². The molecule has 0 aliphatic heterocycles. The molecule has 5 heteroatoms. The second-order valence-electron chi connectivity index (χ2n) is 3.76. The van der Waals surface area contributed by atoms with Crippen molar-refractivity contribution < 1.29 is 9.90 Å². The molecule has 0 aliphatic carbocycles. The second kappa shape index (κ2) is 5.10. The fourth-order valence-corrected chi connectivity index (χ4v) is 2.34. The highest BCUT2D eigenvalue weighted by atomic mass is 32.2. The summed E-state index contributed by atoms with van der Waals surface area (Å²) in [4.78, 5) is 15.9. The normalized spacial score (nSPS) is 10.3. The van der Waals surface area contributed by atoms with Crippen molar-refractivity contribution in [3.63, 3.8) is 0 Å². The number of nitrogens with zero attached hydrogens (tertiary/aromatic N) is 1. The fraction of sp³-hybridized carbons (Fsp3) is 0.0769. The maximum Gasteiger partial charge on any atom is 0.354 e. The van der Waals surface area contributed by atoms with E-state index in [2.05, 4.69) is 4.98 Å². The molecule has 0 spiro atoms. The number of aryl methyl sites for hydroxylation is 1. The molecule has 0 radical (unpaired) electrons. The highest BCUT2D eigenvalue weighted by molar-refractivity contribution is 7.99. The molecule has 1 heterocycles. The van der Waals surface area contributed by atoms with Gasteiger partial charge in [0.25, 0.3) is 0 Å². The molecule has 0 unspecified atom stereocenters. The number of carboxylic acid groups (broad SMARTS) is 1. The summed E-state index contributed by atoms with van der Waals surface area (Å²) in [6, 6.07) is 10.8. The molecular formula is C13H12N2O2S. The Balaban J connectivity index is 2.37. The van der Waals surface area contributed by atoms with Crippen LogP contribution < -0.4 is 5.73 Å². The third-order valence-corrected chi connectivity index (χ3v) is 3.61. The number of benzene rings is 1. The summed E-state index contributed by atoms with van der Waals surface area (Å²) in [5, 5.41) is 9.43. The zero-order chi connectivity index (χ0) is 13.1. The quantitative estimate of drug-likeness (QED) is 0.887. The number of rotatable bonds is 3. The lowest BCUT2D eigenvalue weighted by atomic mass is 10.2. The van der Waals surface area contributed by atoms with Gasteiger partial charge in [-0.1, -0.05) is 30.0 Å². The standard InChI is InChI=1S/C13H12N2O2S/c1-8-4-2-3-5-11(8)18-12-9(14)6-7-10(15-12)13(16)17/h2-7H,14H2,1H3,(H,16,17). The van der Waals surface area contributed by atoms with Crippen LogP contribution in [0, 0.1) is 6.92 Å². The maximum atomic E-state index is 10.9. The van der Waals surface area contributed by atoms with E-state index in [0.29, 0.717) is 10.7 Å². The summed E-state index contributed by atoms with van der Waals surface area (Å²) in [6.45, 7) is 1.99. The second-order valence-corrected chi connectivity index (χ2v) is 4.79. The summed E-state index contributed by atoms with van der Waals surface area (Å²) in [5.41, 5.74) is 7.39. The summed E-state index contributed by atoms with van der Waals surface area (Å²) in [7, 11) is 0. The first kappa shape index (κ1) is 12.4. The molecule has 4 nitrogen and oxygen atoms in total. The number of carbonyl (C=O) groups is 1. The van der Waals surface area contributed by atoms with Gasteiger partial charge in [0.05, 0.1) is 5.69 Å². The minimum absolute atomic E-state index is 0.000263. The van der Waals surface area contributed by atoms with Gasteiger partial charge in [0, 0.05) is 4.90 Å². The van der Waals surface area contributed by atoms with Gasteiger partial charge in [0.1, 0.15) is 10.7 Å². The van der Waals surface area contributed by atoms with Crippen LogP contribution in [0.3, 0.4) is 0 Å². The van der Waals surface area contributed by atoms with Gasteiger partial charge in [-0.15, -0.1) is 0 Å². The number of pyridine rings is 1. The van der Waals surface area contributed by atoms with Crippen LogP contribution >= 0.6 is 11.8 Å². The van der Waals surface area contributed by atoms with Gasteiger partial charge in [-0.05, 0) is 30.7 Å². The SMILES string of the molecule is Cc1ccccc1Sc1nc(C(=O)O)ccc1N. The van der Waals surface area contributed by atoms with Gasteiger partial charge in [-0.25, -0.2) is 9.78 Å². The fourth-order valence-electron chi connectivity index (χ4n) is 1.43. The Kier molecular flexibility index (Phi) is 3.53. The number of hydrogen-bond acceptors (Lipinski definition) is 4. The minimum Gasteiger partial charge on any atom is -0.477 e. The summed E-state index contributed by atoms with van der Waals surface area (Å²) >= 11 is 1.37. The zero-order valence-electron chi connectivity index (χ0n) is 9.75. The molecule has 3 N–H and O–H groups in total. The monoisotopic (exact) mass is 260 g/mol. The largest absolute Gasteiger partial charge is 0.477 e. The molecule has 0 saturated heterocycles. The van der Waals surface area contributed by atoms with Crippen LogP contribution in [0.15, 0.2) is 46.3 Å².